The van der Waals surface area contributed by atoms with Gasteiger partial charge in [-0.15, -0.1) is 13.2 Å². The topological polar surface area (TPSA) is 44.1 Å². The van der Waals surface area contributed by atoms with E-state index < -0.39 is 6.36 Å². The SMILES string of the molecule is CC(=O)Cc1ccn(Cc2ccc(OC(F)(F)F)cc2)n1. The van der Waals surface area contributed by atoms with Crippen LogP contribution in [0.25, 0.3) is 0 Å². The van der Waals surface area contributed by atoms with Gasteiger partial charge in [-0.3, -0.25) is 9.48 Å². The molecule has 0 aliphatic rings. The Balaban J connectivity index is 2.00. The van der Waals surface area contributed by atoms with Crippen LogP contribution in [0.5, 0.6) is 5.75 Å². The van der Waals surface area contributed by atoms with E-state index in [1.165, 1.54) is 31.2 Å². The first-order valence-corrected chi connectivity index (χ1v) is 6.18. The third-order valence-corrected chi connectivity index (χ3v) is 2.63. The predicted molar refractivity (Wildman–Crippen MR) is 68.8 cm³/mol. The lowest BCUT2D eigenvalue weighted by molar-refractivity contribution is -0.274. The van der Waals surface area contributed by atoms with E-state index in [1.54, 1.807) is 16.9 Å². The van der Waals surface area contributed by atoms with Gasteiger partial charge in [-0.05, 0) is 30.7 Å². The van der Waals surface area contributed by atoms with Crippen LogP contribution in [0.4, 0.5) is 13.2 Å². The van der Waals surface area contributed by atoms with Crippen molar-refractivity contribution >= 4 is 5.78 Å². The van der Waals surface area contributed by atoms with Crippen LogP contribution in [0, 0.1) is 0 Å². The number of alkyl halides is 3. The Kier molecular flexibility index (Phi) is 4.30. The first-order valence-electron chi connectivity index (χ1n) is 6.18. The fourth-order valence-electron chi connectivity index (χ4n) is 1.82. The first kappa shape index (κ1) is 15.1. The number of carbonyl (C=O) groups excluding carboxylic acids is 1. The molecule has 7 heteroatoms. The van der Waals surface area contributed by atoms with Crippen molar-refractivity contribution in [1.82, 2.24) is 9.78 Å². The summed E-state index contributed by atoms with van der Waals surface area (Å²) in [5, 5.41) is 4.21. The van der Waals surface area contributed by atoms with E-state index >= 15 is 0 Å². The van der Waals surface area contributed by atoms with Crippen LogP contribution in [0.3, 0.4) is 0 Å². The Labute approximate surface area is 119 Å². The monoisotopic (exact) mass is 298 g/mol. The molecule has 2 rings (SSSR count). The number of carbonyl (C=O) groups is 1. The minimum atomic E-state index is -4.69. The summed E-state index contributed by atoms with van der Waals surface area (Å²) in [6, 6.07) is 7.31. The van der Waals surface area contributed by atoms with Gasteiger partial charge in [0.2, 0.25) is 0 Å². The first-order chi connectivity index (χ1) is 9.82. The molecule has 0 atom stereocenters. The standard InChI is InChI=1S/C14H13F3N2O2/c1-10(20)8-12-6-7-19(18-12)9-11-2-4-13(5-3-11)21-14(15,16)17/h2-7H,8-9H2,1H3. The predicted octanol–water partition coefficient (Wildman–Crippen LogP) is 2.96. The molecule has 0 bridgehead atoms. The molecule has 0 saturated carbocycles. The molecule has 0 N–H and O–H groups in total. The van der Waals surface area contributed by atoms with Gasteiger partial charge in [0.1, 0.15) is 11.5 Å². The largest absolute Gasteiger partial charge is 0.573 e. The molecule has 0 spiro atoms. The summed E-state index contributed by atoms with van der Waals surface area (Å²) in [6.45, 7) is 1.89. The van der Waals surface area contributed by atoms with E-state index in [1.807, 2.05) is 0 Å². The number of ketones is 1. The molecule has 0 aliphatic carbocycles. The molecule has 0 unspecified atom stereocenters. The van der Waals surface area contributed by atoms with Crippen molar-refractivity contribution < 1.29 is 22.7 Å². The second-order valence-electron chi connectivity index (χ2n) is 4.58. The summed E-state index contributed by atoms with van der Waals surface area (Å²) in [4.78, 5) is 11.0. The number of halogens is 3. The minimum Gasteiger partial charge on any atom is -0.406 e. The third kappa shape index (κ3) is 4.94. The molecule has 2 aromatic rings. The Bertz CT molecular complexity index is 618. The number of rotatable bonds is 5. The lowest BCUT2D eigenvalue weighted by atomic mass is 10.2. The summed E-state index contributed by atoms with van der Waals surface area (Å²) in [5.41, 5.74) is 1.45. The zero-order chi connectivity index (χ0) is 15.5. The molecule has 1 aromatic heterocycles. The lowest BCUT2D eigenvalue weighted by Gasteiger charge is -2.09. The number of benzene rings is 1. The van der Waals surface area contributed by atoms with E-state index in [0.717, 1.165) is 5.56 Å². The second kappa shape index (κ2) is 5.99. The highest BCUT2D eigenvalue weighted by Gasteiger charge is 2.30. The summed E-state index contributed by atoms with van der Waals surface area (Å²) >= 11 is 0. The number of hydrogen-bond donors (Lipinski definition) is 0. The number of nitrogens with zero attached hydrogens (tertiary/aromatic N) is 2. The molecule has 0 aliphatic heterocycles. The van der Waals surface area contributed by atoms with E-state index in [9.17, 15) is 18.0 Å². The molecular weight excluding hydrogens is 285 g/mol. The Morgan fingerprint density at radius 1 is 1.24 bits per heavy atom. The quantitative estimate of drug-likeness (QED) is 0.852. The Morgan fingerprint density at radius 3 is 2.48 bits per heavy atom. The van der Waals surface area contributed by atoms with Gasteiger partial charge in [0.15, 0.2) is 0 Å². The van der Waals surface area contributed by atoms with Crippen molar-refractivity contribution in [2.45, 2.75) is 26.3 Å². The van der Waals surface area contributed by atoms with Crippen LogP contribution >= 0.6 is 0 Å². The van der Waals surface area contributed by atoms with E-state index in [2.05, 4.69) is 9.84 Å². The highest BCUT2D eigenvalue weighted by molar-refractivity contribution is 5.77. The van der Waals surface area contributed by atoms with Crippen LogP contribution in [0.15, 0.2) is 36.5 Å². The molecule has 1 aromatic carbocycles. The normalized spacial score (nSPS) is 11.4. The third-order valence-electron chi connectivity index (χ3n) is 2.63. The van der Waals surface area contributed by atoms with Crippen LogP contribution in [0.1, 0.15) is 18.2 Å². The maximum absolute atomic E-state index is 12.0. The summed E-state index contributed by atoms with van der Waals surface area (Å²) in [7, 11) is 0. The fraction of sp³-hybridized carbons (Fsp3) is 0.286. The van der Waals surface area contributed by atoms with Gasteiger partial charge in [0.25, 0.3) is 0 Å². The average molecular weight is 298 g/mol. The molecule has 0 fully saturated rings. The van der Waals surface area contributed by atoms with Gasteiger partial charge in [0.05, 0.1) is 18.7 Å². The molecule has 1 heterocycles. The van der Waals surface area contributed by atoms with Crippen molar-refractivity contribution in [1.29, 1.82) is 0 Å². The van der Waals surface area contributed by atoms with Gasteiger partial charge in [-0.2, -0.15) is 5.10 Å². The van der Waals surface area contributed by atoms with Gasteiger partial charge in [-0.1, -0.05) is 12.1 Å². The van der Waals surface area contributed by atoms with Crippen LogP contribution in [-0.4, -0.2) is 21.9 Å². The van der Waals surface area contributed by atoms with Crippen molar-refractivity contribution in [2.75, 3.05) is 0 Å². The van der Waals surface area contributed by atoms with Gasteiger partial charge < -0.3 is 4.74 Å². The van der Waals surface area contributed by atoms with E-state index in [4.69, 9.17) is 0 Å². The van der Waals surface area contributed by atoms with E-state index in [0.29, 0.717) is 12.2 Å². The number of hydrogen-bond acceptors (Lipinski definition) is 3. The molecular formula is C14H13F3N2O2. The minimum absolute atomic E-state index is 0.0221. The summed E-state index contributed by atoms with van der Waals surface area (Å²) < 4.78 is 41.5. The zero-order valence-electron chi connectivity index (χ0n) is 11.2. The molecule has 4 nitrogen and oxygen atoms in total. The Hall–Kier alpha value is -2.31. The second-order valence-corrected chi connectivity index (χ2v) is 4.58. The highest BCUT2D eigenvalue weighted by atomic mass is 19.4. The number of aromatic nitrogens is 2. The maximum Gasteiger partial charge on any atom is 0.573 e. The van der Waals surface area contributed by atoms with Crippen molar-refractivity contribution in [3.05, 3.63) is 47.8 Å². The smallest absolute Gasteiger partial charge is 0.406 e. The molecule has 0 amide bonds. The van der Waals surface area contributed by atoms with Gasteiger partial charge in [-0.25, -0.2) is 0 Å². The lowest BCUT2D eigenvalue weighted by Crippen LogP contribution is -2.17. The number of ether oxygens (including phenoxy) is 1. The van der Waals surface area contributed by atoms with Gasteiger partial charge in [0, 0.05) is 6.20 Å². The summed E-state index contributed by atoms with van der Waals surface area (Å²) in [5.74, 6) is -0.238. The van der Waals surface area contributed by atoms with Crippen LogP contribution in [0.2, 0.25) is 0 Å². The highest BCUT2D eigenvalue weighted by Crippen LogP contribution is 2.22. The molecule has 112 valence electrons. The Morgan fingerprint density at radius 2 is 1.90 bits per heavy atom. The van der Waals surface area contributed by atoms with Crippen molar-refractivity contribution in [3.63, 3.8) is 0 Å². The van der Waals surface area contributed by atoms with Crippen LogP contribution < -0.4 is 4.74 Å². The molecule has 21 heavy (non-hydrogen) atoms. The average Bonchev–Trinajstić information content (AvgIpc) is 2.76. The maximum atomic E-state index is 12.0. The van der Waals surface area contributed by atoms with Crippen LogP contribution in [-0.2, 0) is 17.8 Å². The van der Waals surface area contributed by atoms with Crippen molar-refractivity contribution in [3.8, 4) is 5.75 Å². The van der Waals surface area contributed by atoms with E-state index in [-0.39, 0.29) is 18.0 Å². The number of Topliss-reactive ketones (excluding diaryl/α,β-unsaturated/α-hetero) is 1. The van der Waals surface area contributed by atoms with Crippen molar-refractivity contribution in [2.24, 2.45) is 0 Å². The fourth-order valence-corrected chi connectivity index (χ4v) is 1.82. The zero-order valence-corrected chi connectivity index (χ0v) is 11.2. The van der Waals surface area contributed by atoms with Gasteiger partial charge >= 0.3 is 6.36 Å². The molecule has 0 saturated heterocycles. The summed E-state index contributed by atoms with van der Waals surface area (Å²) in [6.07, 6.45) is -2.70. The molecule has 0 radical (unpaired) electrons.